The lowest BCUT2D eigenvalue weighted by atomic mass is 9.98. The summed E-state index contributed by atoms with van der Waals surface area (Å²) in [4.78, 5) is 11.9. The molecule has 0 aliphatic heterocycles. The lowest BCUT2D eigenvalue weighted by Crippen LogP contribution is -2.49. The predicted molar refractivity (Wildman–Crippen MR) is 53.3 cm³/mol. The second kappa shape index (κ2) is 5.49. The van der Waals surface area contributed by atoms with Crippen molar-refractivity contribution in [3.8, 4) is 0 Å². The topological polar surface area (TPSA) is 52.6 Å². The van der Waals surface area contributed by atoms with Crippen LogP contribution in [0.15, 0.2) is 0 Å². The third kappa shape index (κ3) is 5.32. The zero-order chi connectivity index (χ0) is 13.0. The lowest BCUT2D eigenvalue weighted by molar-refractivity contribution is -0.146. The standard InChI is InChI=1S/C9H17F3N2O2/c1-8(13-2,7(15)16)4-5-14(3)6-9(10,11)12/h13H,4-6H2,1-3H3,(H,15,16). The molecule has 0 saturated heterocycles. The van der Waals surface area contributed by atoms with E-state index in [-0.39, 0.29) is 13.0 Å². The minimum absolute atomic E-state index is 0.0587. The molecule has 0 aliphatic carbocycles. The number of carbonyl (C=O) groups is 1. The molecule has 1 unspecified atom stereocenters. The average molecular weight is 242 g/mol. The van der Waals surface area contributed by atoms with Crippen LogP contribution in [0.4, 0.5) is 13.2 Å². The van der Waals surface area contributed by atoms with E-state index in [4.69, 9.17) is 5.11 Å². The van der Waals surface area contributed by atoms with Crippen LogP contribution in [0.25, 0.3) is 0 Å². The molecule has 0 aliphatic rings. The zero-order valence-electron chi connectivity index (χ0n) is 9.56. The lowest BCUT2D eigenvalue weighted by Gasteiger charge is -2.27. The van der Waals surface area contributed by atoms with Gasteiger partial charge < -0.3 is 10.4 Å². The third-order valence-corrected chi connectivity index (χ3v) is 2.47. The highest BCUT2D eigenvalue weighted by molar-refractivity contribution is 5.78. The molecule has 16 heavy (non-hydrogen) atoms. The normalized spacial score (nSPS) is 16.2. The number of hydrogen-bond acceptors (Lipinski definition) is 3. The first-order chi connectivity index (χ1) is 7.10. The number of carboxylic acids is 1. The van der Waals surface area contributed by atoms with E-state index in [2.05, 4.69) is 5.32 Å². The minimum atomic E-state index is -4.26. The summed E-state index contributed by atoms with van der Waals surface area (Å²) < 4.78 is 36.0. The summed E-state index contributed by atoms with van der Waals surface area (Å²) in [6.45, 7) is 0.465. The van der Waals surface area contributed by atoms with Gasteiger partial charge in [0, 0.05) is 6.54 Å². The Hall–Kier alpha value is -0.820. The van der Waals surface area contributed by atoms with Gasteiger partial charge in [-0.2, -0.15) is 13.2 Å². The number of rotatable bonds is 6. The Bertz CT molecular complexity index is 245. The van der Waals surface area contributed by atoms with E-state index < -0.39 is 24.2 Å². The third-order valence-electron chi connectivity index (χ3n) is 2.47. The Labute approximate surface area is 92.4 Å². The molecular formula is C9H17F3N2O2. The molecule has 0 fully saturated rings. The highest BCUT2D eigenvalue weighted by atomic mass is 19.4. The summed E-state index contributed by atoms with van der Waals surface area (Å²) in [5.74, 6) is -1.07. The largest absolute Gasteiger partial charge is 0.480 e. The van der Waals surface area contributed by atoms with E-state index in [0.29, 0.717) is 0 Å². The molecule has 0 spiro atoms. The number of alkyl halides is 3. The van der Waals surface area contributed by atoms with E-state index in [0.717, 1.165) is 4.90 Å². The molecular weight excluding hydrogens is 225 g/mol. The number of nitrogens with one attached hydrogen (secondary N) is 1. The van der Waals surface area contributed by atoms with E-state index in [1.54, 1.807) is 0 Å². The first kappa shape index (κ1) is 15.2. The monoisotopic (exact) mass is 242 g/mol. The van der Waals surface area contributed by atoms with E-state index in [1.807, 2.05) is 0 Å². The summed E-state index contributed by atoms with van der Waals surface area (Å²) in [6.07, 6.45) is -4.15. The van der Waals surface area contributed by atoms with Gasteiger partial charge in [0.1, 0.15) is 5.54 Å². The van der Waals surface area contributed by atoms with Crippen molar-refractivity contribution in [2.24, 2.45) is 0 Å². The molecule has 0 rings (SSSR count). The second-order valence-electron chi connectivity index (χ2n) is 3.99. The van der Waals surface area contributed by atoms with Gasteiger partial charge in [0.2, 0.25) is 0 Å². The molecule has 0 aromatic rings. The van der Waals surface area contributed by atoms with Crippen molar-refractivity contribution in [2.75, 3.05) is 27.2 Å². The number of carboxylic acid groups (broad SMARTS) is 1. The van der Waals surface area contributed by atoms with Crippen molar-refractivity contribution in [3.05, 3.63) is 0 Å². The van der Waals surface area contributed by atoms with Crippen molar-refractivity contribution in [2.45, 2.75) is 25.1 Å². The van der Waals surface area contributed by atoms with Crippen LogP contribution in [-0.4, -0.2) is 54.9 Å². The predicted octanol–water partition coefficient (Wildman–Crippen LogP) is 0.933. The number of hydrogen-bond donors (Lipinski definition) is 2. The molecule has 1 atom stereocenters. The summed E-state index contributed by atoms with van der Waals surface area (Å²) in [7, 11) is 2.78. The number of likely N-dealkylation sites (N-methyl/N-ethyl adjacent to an activating group) is 1. The van der Waals surface area contributed by atoms with Crippen LogP contribution in [0.1, 0.15) is 13.3 Å². The number of aliphatic carboxylic acids is 1. The van der Waals surface area contributed by atoms with Gasteiger partial charge in [0.15, 0.2) is 0 Å². The molecule has 0 amide bonds. The van der Waals surface area contributed by atoms with Gasteiger partial charge in [-0.25, -0.2) is 0 Å². The first-order valence-corrected chi connectivity index (χ1v) is 4.78. The summed E-state index contributed by atoms with van der Waals surface area (Å²) in [6, 6.07) is 0. The molecule has 7 heteroatoms. The van der Waals surface area contributed by atoms with Crippen LogP contribution in [-0.2, 0) is 4.79 Å². The molecule has 2 N–H and O–H groups in total. The van der Waals surface area contributed by atoms with Crippen LogP contribution in [0, 0.1) is 0 Å². The Balaban J connectivity index is 4.18. The Morgan fingerprint density at radius 1 is 1.44 bits per heavy atom. The number of halogens is 3. The molecule has 0 radical (unpaired) electrons. The fourth-order valence-corrected chi connectivity index (χ4v) is 1.14. The fraction of sp³-hybridized carbons (Fsp3) is 0.889. The second-order valence-corrected chi connectivity index (χ2v) is 3.99. The van der Waals surface area contributed by atoms with E-state index >= 15 is 0 Å². The number of nitrogens with zero attached hydrogens (tertiary/aromatic N) is 1. The maximum Gasteiger partial charge on any atom is 0.401 e. The van der Waals surface area contributed by atoms with Crippen molar-refractivity contribution < 1.29 is 23.1 Å². The van der Waals surface area contributed by atoms with Crippen LogP contribution >= 0.6 is 0 Å². The average Bonchev–Trinajstić information content (AvgIpc) is 2.11. The first-order valence-electron chi connectivity index (χ1n) is 4.78. The van der Waals surface area contributed by atoms with Gasteiger partial charge in [0.25, 0.3) is 0 Å². The Morgan fingerprint density at radius 3 is 2.25 bits per heavy atom. The highest BCUT2D eigenvalue weighted by Gasteiger charge is 2.33. The van der Waals surface area contributed by atoms with Gasteiger partial charge in [-0.15, -0.1) is 0 Å². The summed E-state index contributed by atoms with van der Waals surface area (Å²) in [5, 5.41) is 11.5. The maximum atomic E-state index is 12.0. The summed E-state index contributed by atoms with van der Waals surface area (Å²) in [5.41, 5.74) is -1.19. The molecule has 0 saturated carbocycles. The maximum absolute atomic E-state index is 12.0. The van der Waals surface area contributed by atoms with E-state index in [9.17, 15) is 18.0 Å². The van der Waals surface area contributed by atoms with E-state index in [1.165, 1.54) is 21.0 Å². The molecule has 4 nitrogen and oxygen atoms in total. The highest BCUT2D eigenvalue weighted by Crippen LogP contribution is 2.17. The zero-order valence-corrected chi connectivity index (χ0v) is 9.56. The molecule has 0 aromatic heterocycles. The molecule has 0 aromatic carbocycles. The molecule has 0 bridgehead atoms. The summed E-state index contributed by atoms with van der Waals surface area (Å²) >= 11 is 0. The Morgan fingerprint density at radius 2 is 1.94 bits per heavy atom. The smallest absolute Gasteiger partial charge is 0.401 e. The van der Waals surface area contributed by atoms with Crippen molar-refractivity contribution in [1.29, 1.82) is 0 Å². The van der Waals surface area contributed by atoms with Crippen LogP contribution in [0.2, 0.25) is 0 Å². The molecule has 0 heterocycles. The van der Waals surface area contributed by atoms with Gasteiger partial charge in [-0.3, -0.25) is 9.69 Å². The van der Waals surface area contributed by atoms with Crippen molar-refractivity contribution in [1.82, 2.24) is 10.2 Å². The quantitative estimate of drug-likeness (QED) is 0.727. The van der Waals surface area contributed by atoms with Crippen LogP contribution in [0.5, 0.6) is 0 Å². The van der Waals surface area contributed by atoms with Crippen LogP contribution in [0.3, 0.4) is 0 Å². The van der Waals surface area contributed by atoms with Gasteiger partial charge >= 0.3 is 12.1 Å². The van der Waals surface area contributed by atoms with Crippen LogP contribution < -0.4 is 5.32 Å². The Kier molecular flexibility index (Phi) is 5.21. The van der Waals surface area contributed by atoms with Gasteiger partial charge in [0.05, 0.1) is 6.54 Å². The van der Waals surface area contributed by atoms with Gasteiger partial charge in [-0.05, 0) is 27.4 Å². The minimum Gasteiger partial charge on any atom is -0.480 e. The van der Waals surface area contributed by atoms with Crippen molar-refractivity contribution in [3.63, 3.8) is 0 Å². The van der Waals surface area contributed by atoms with Gasteiger partial charge in [-0.1, -0.05) is 0 Å². The fourth-order valence-electron chi connectivity index (χ4n) is 1.14. The SMILES string of the molecule is CNC(C)(CCN(C)CC(F)(F)F)C(=O)O. The van der Waals surface area contributed by atoms with Crippen molar-refractivity contribution >= 4 is 5.97 Å². The molecule has 96 valence electrons.